The summed E-state index contributed by atoms with van der Waals surface area (Å²) in [5.41, 5.74) is 0.849. The molecule has 17 heavy (non-hydrogen) atoms. The van der Waals surface area contributed by atoms with Crippen LogP contribution < -0.4 is 5.32 Å². The summed E-state index contributed by atoms with van der Waals surface area (Å²) in [4.78, 5) is 8.97. The number of hydrogen-bond acceptors (Lipinski definition) is 4. The average molecular weight is 298 g/mol. The number of hydrogen-bond donors (Lipinski definition) is 1. The highest BCUT2D eigenvalue weighted by Gasteiger charge is 2.11. The number of nitrogens with zero attached hydrogens (tertiary/aromatic N) is 4. The Kier molecular flexibility index (Phi) is 3.61. The van der Waals surface area contributed by atoms with Gasteiger partial charge in [-0.05, 0) is 13.3 Å². The number of anilines is 1. The lowest BCUT2D eigenvalue weighted by molar-refractivity contribution is 0.706. The second kappa shape index (κ2) is 5.00. The molecule has 5 nitrogen and oxygen atoms in total. The summed E-state index contributed by atoms with van der Waals surface area (Å²) in [6.45, 7) is 4.28. The number of fused-ring (bicyclic) bond motifs is 1. The predicted molar refractivity (Wildman–Crippen MR) is 72.4 cm³/mol. The third-order valence-corrected chi connectivity index (χ3v) is 2.96. The molecule has 6 heteroatoms. The van der Waals surface area contributed by atoms with Crippen LogP contribution in [0.1, 0.15) is 20.3 Å². The Morgan fingerprint density at radius 1 is 1.41 bits per heavy atom. The molecule has 0 fully saturated rings. The van der Waals surface area contributed by atoms with Gasteiger partial charge in [-0.15, -0.1) is 0 Å². The highest BCUT2D eigenvalue weighted by molar-refractivity contribution is 9.09. The highest BCUT2D eigenvalue weighted by Crippen LogP contribution is 2.19. The van der Waals surface area contributed by atoms with Crippen LogP contribution in [0.5, 0.6) is 0 Å². The van der Waals surface area contributed by atoms with Crippen LogP contribution in [0.25, 0.3) is 11.0 Å². The molecule has 0 aliphatic carbocycles. The number of alkyl halides is 1. The minimum Gasteiger partial charge on any atom is -0.367 e. The van der Waals surface area contributed by atoms with Crippen LogP contribution >= 0.6 is 15.9 Å². The molecule has 0 radical (unpaired) electrons. The molecule has 0 saturated carbocycles. The van der Waals surface area contributed by atoms with Gasteiger partial charge in [0.25, 0.3) is 0 Å². The van der Waals surface area contributed by atoms with Crippen LogP contribution in [0.2, 0.25) is 0 Å². The molecule has 0 aromatic carbocycles. The van der Waals surface area contributed by atoms with Gasteiger partial charge in [-0.3, -0.25) is 4.68 Å². The molecule has 2 atom stereocenters. The van der Waals surface area contributed by atoms with Crippen LogP contribution in [-0.2, 0) is 7.05 Å². The largest absolute Gasteiger partial charge is 0.367 e. The monoisotopic (exact) mass is 297 g/mol. The normalized spacial score (nSPS) is 14.8. The lowest BCUT2D eigenvalue weighted by atomic mass is 10.2. The summed E-state index contributed by atoms with van der Waals surface area (Å²) in [6, 6.07) is 0.350. The molecule has 0 spiro atoms. The van der Waals surface area contributed by atoms with E-state index < -0.39 is 0 Å². The molecule has 2 aromatic rings. The van der Waals surface area contributed by atoms with Crippen molar-refractivity contribution in [2.24, 2.45) is 7.05 Å². The van der Waals surface area contributed by atoms with Crippen molar-refractivity contribution in [3.63, 3.8) is 0 Å². The Morgan fingerprint density at radius 3 is 2.88 bits per heavy atom. The van der Waals surface area contributed by atoms with E-state index >= 15 is 0 Å². The summed E-state index contributed by atoms with van der Waals surface area (Å²) in [5.74, 6) is 0.851. The van der Waals surface area contributed by atoms with Gasteiger partial charge in [0.15, 0.2) is 5.65 Å². The van der Waals surface area contributed by atoms with Gasteiger partial charge in [0.1, 0.15) is 12.1 Å². The highest BCUT2D eigenvalue weighted by atomic mass is 79.9. The van der Waals surface area contributed by atoms with Gasteiger partial charge >= 0.3 is 0 Å². The first-order chi connectivity index (χ1) is 8.08. The maximum atomic E-state index is 4.28. The van der Waals surface area contributed by atoms with Crippen molar-refractivity contribution in [1.29, 1.82) is 0 Å². The standard InChI is InChI=1S/C11H16BrN5/c1-7(12)4-8(2)16-10-9-5-15-17(3)11(9)14-6-13-10/h5-8H,4H2,1-3H3,(H,13,14,16). The quantitative estimate of drug-likeness (QED) is 0.880. The number of halogens is 1. The van der Waals surface area contributed by atoms with Crippen molar-refractivity contribution < 1.29 is 0 Å². The molecule has 0 saturated heterocycles. The Labute approximate surface area is 109 Å². The van der Waals surface area contributed by atoms with Crippen LogP contribution in [-0.4, -0.2) is 30.6 Å². The maximum Gasteiger partial charge on any atom is 0.163 e. The van der Waals surface area contributed by atoms with Crippen LogP contribution in [0.15, 0.2) is 12.5 Å². The van der Waals surface area contributed by atoms with Gasteiger partial charge in [-0.25, -0.2) is 9.97 Å². The zero-order chi connectivity index (χ0) is 12.4. The van der Waals surface area contributed by atoms with Crippen molar-refractivity contribution in [3.8, 4) is 0 Å². The SMILES string of the molecule is CC(Br)CC(C)Nc1ncnc2c1cnn2C. The minimum absolute atomic E-state index is 0.350. The minimum atomic E-state index is 0.350. The topological polar surface area (TPSA) is 55.6 Å². The second-order valence-electron chi connectivity index (χ2n) is 4.29. The first kappa shape index (κ1) is 12.3. The maximum absolute atomic E-state index is 4.28. The van der Waals surface area contributed by atoms with E-state index in [4.69, 9.17) is 0 Å². The molecule has 2 rings (SSSR count). The van der Waals surface area contributed by atoms with Gasteiger partial charge in [-0.1, -0.05) is 22.9 Å². The van der Waals surface area contributed by atoms with Gasteiger partial charge in [0, 0.05) is 17.9 Å². The second-order valence-corrected chi connectivity index (χ2v) is 5.85. The lowest BCUT2D eigenvalue weighted by Crippen LogP contribution is -2.19. The van der Waals surface area contributed by atoms with E-state index in [1.165, 1.54) is 0 Å². The molecule has 92 valence electrons. The summed E-state index contributed by atoms with van der Waals surface area (Å²) in [7, 11) is 1.88. The number of rotatable bonds is 4. The van der Waals surface area contributed by atoms with Gasteiger partial charge in [0.05, 0.1) is 11.6 Å². The zero-order valence-electron chi connectivity index (χ0n) is 10.2. The number of aromatic nitrogens is 4. The van der Waals surface area contributed by atoms with Crippen molar-refractivity contribution in [2.75, 3.05) is 5.32 Å². The van der Waals surface area contributed by atoms with E-state index in [-0.39, 0.29) is 0 Å². The lowest BCUT2D eigenvalue weighted by Gasteiger charge is -2.15. The van der Waals surface area contributed by atoms with E-state index in [9.17, 15) is 0 Å². The van der Waals surface area contributed by atoms with Crippen molar-refractivity contribution in [3.05, 3.63) is 12.5 Å². The predicted octanol–water partition coefficient (Wildman–Crippen LogP) is 2.34. The fraction of sp³-hybridized carbons (Fsp3) is 0.545. The van der Waals surface area contributed by atoms with Crippen LogP contribution in [0.3, 0.4) is 0 Å². The third-order valence-electron chi connectivity index (χ3n) is 2.59. The first-order valence-electron chi connectivity index (χ1n) is 5.61. The first-order valence-corrected chi connectivity index (χ1v) is 6.53. The fourth-order valence-electron chi connectivity index (χ4n) is 1.86. The van der Waals surface area contributed by atoms with E-state index in [2.05, 4.69) is 50.2 Å². The number of aryl methyl sites for hydroxylation is 1. The van der Waals surface area contributed by atoms with Crippen LogP contribution in [0.4, 0.5) is 5.82 Å². The van der Waals surface area contributed by atoms with E-state index in [0.717, 1.165) is 23.3 Å². The molecule has 0 bridgehead atoms. The smallest absolute Gasteiger partial charge is 0.163 e. The summed E-state index contributed by atoms with van der Waals surface area (Å²) in [5, 5.41) is 8.55. The molecule has 1 N–H and O–H groups in total. The van der Waals surface area contributed by atoms with Crippen molar-refractivity contribution >= 4 is 32.8 Å². The van der Waals surface area contributed by atoms with Gasteiger partial charge < -0.3 is 5.32 Å². The molecule has 2 heterocycles. The molecular weight excluding hydrogens is 282 g/mol. The Bertz CT molecular complexity index is 508. The van der Waals surface area contributed by atoms with Crippen molar-refractivity contribution in [2.45, 2.75) is 31.1 Å². The summed E-state index contributed by atoms with van der Waals surface area (Å²) in [6.07, 6.45) is 4.39. The Morgan fingerprint density at radius 2 is 2.18 bits per heavy atom. The molecule has 2 unspecified atom stereocenters. The van der Waals surface area contributed by atoms with Gasteiger partial charge in [-0.2, -0.15) is 5.10 Å². The molecular formula is C11H16BrN5. The van der Waals surface area contributed by atoms with E-state index in [1.54, 1.807) is 17.2 Å². The zero-order valence-corrected chi connectivity index (χ0v) is 11.8. The summed E-state index contributed by atoms with van der Waals surface area (Å²) < 4.78 is 1.75. The third kappa shape index (κ3) is 2.74. The average Bonchev–Trinajstić information content (AvgIpc) is 2.61. The van der Waals surface area contributed by atoms with Gasteiger partial charge in [0.2, 0.25) is 0 Å². The molecule has 0 aliphatic heterocycles. The van der Waals surface area contributed by atoms with Crippen molar-refractivity contribution in [1.82, 2.24) is 19.7 Å². The van der Waals surface area contributed by atoms with Crippen LogP contribution in [0, 0.1) is 0 Å². The molecule has 0 amide bonds. The molecule has 2 aromatic heterocycles. The molecule has 0 aliphatic rings. The van der Waals surface area contributed by atoms with E-state index in [1.807, 2.05) is 7.05 Å². The number of nitrogens with one attached hydrogen (secondary N) is 1. The summed E-state index contributed by atoms with van der Waals surface area (Å²) >= 11 is 3.55. The Balaban J connectivity index is 2.24. The fourth-order valence-corrected chi connectivity index (χ4v) is 2.42. The Hall–Kier alpha value is -1.17. The van der Waals surface area contributed by atoms with E-state index in [0.29, 0.717) is 10.9 Å².